The first-order valence-electron chi connectivity index (χ1n) is 6.34. The van der Waals surface area contributed by atoms with Crippen LogP contribution in [-0.2, 0) is 6.42 Å². The number of fused-ring (bicyclic) bond motifs is 1. The van der Waals surface area contributed by atoms with Gasteiger partial charge in [-0.3, -0.25) is 0 Å². The molecule has 2 rings (SSSR count). The number of hydrogen-bond donors (Lipinski definition) is 1. The zero-order chi connectivity index (χ0) is 12.3. The monoisotopic (exact) mass is 247 g/mol. The van der Waals surface area contributed by atoms with Crippen LogP contribution >= 0.6 is 11.3 Å². The molecule has 0 bridgehead atoms. The zero-order valence-corrected chi connectivity index (χ0v) is 11.5. The van der Waals surface area contributed by atoms with Crippen LogP contribution in [0.4, 0.5) is 0 Å². The Morgan fingerprint density at radius 2 is 2.06 bits per heavy atom. The zero-order valence-electron chi connectivity index (χ0n) is 10.7. The third-order valence-electron chi connectivity index (χ3n) is 3.52. The molecule has 0 aliphatic rings. The summed E-state index contributed by atoms with van der Waals surface area (Å²) < 4.78 is 1.39. The molecule has 17 heavy (non-hydrogen) atoms. The van der Waals surface area contributed by atoms with Crippen molar-refractivity contribution < 1.29 is 0 Å². The quantitative estimate of drug-likeness (QED) is 0.841. The standard InChI is InChI=1S/C15H21NS/c1-3-8-15(2,11-16)9-12-10-17-14-7-5-4-6-13(12)14/h4-7,10H,3,8-9,11,16H2,1-2H3. The third kappa shape index (κ3) is 2.70. The van der Waals surface area contributed by atoms with E-state index in [1.54, 1.807) is 0 Å². The lowest BCUT2D eigenvalue weighted by Gasteiger charge is -2.27. The fraction of sp³-hybridized carbons (Fsp3) is 0.467. The van der Waals surface area contributed by atoms with Gasteiger partial charge in [0.1, 0.15) is 0 Å². The van der Waals surface area contributed by atoms with Crippen LogP contribution < -0.4 is 5.73 Å². The highest BCUT2D eigenvalue weighted by Crippen LogP contribution is 2.33. The lowest BCUT2D eigenvalue weighted by molar-refractivity contribution is 0.304. The SMILES string of the molecule is CCCC(C)(CN)Cc1csc2ccccc12. The minimum absolute atomic E-state index is 0.249. The Labute approximate surface area is 108 Å². The molecule has 1 aromatic heterocycles. The summed E-state index contributed by atoms with van der Waals surface area (Å²) in [5.74, 6) is 0. The van der Waals surface area contributed by atoms with Crippen LogP contribution in [0.3, 0.4) is 0 Å². The Bertz CT molecular complexity index is 488. The smallest absolute Gasteiger partial charge is 0.0345 e. The molecule has 0 aliphatic carbocycles. The predicted octanol–water partition coefficient (Wildman–Crippen LogP) is 4.21. The van der Waals surface area contributed by atoms with Gasteiger partial charge in [-0.15, -0.1) is 11.3 Å². The third-order valence-corrected chi connectivity index (χ3v) is 4.54. The minimum atomic E-state index is 0.249. The van der Waals surface area contributed by atoms with Gasteiger partial charge in [0.25, 0.3) is 0 Å². The molecule has 92 valence electrons. The molecule has 1 heterocycles. The van der Waals surface area contributed by atoms with E-state index >= 15 is 0 Å². The summed E-state index contributed by atoms with van der Waals surface area (Å²) in [4.78, 5) is 0. The molecule has 2 aromatic rings. The van der Waals surface area contributed by atoms with Crippen molar-refractivity contribution in [3.63, 3.8) is 0 Å². The van der Waals surface area contributed by atoms with Crippen molar-refractivity contribution in [2.45, 2.75) is 33.1 Å². The number of hydrogen-bond acceptors (Lipinski definition) is 2. The molecule has 1 nitrogen and oxygen atoms in total. The summed E-state index contributed by atoms with van der Waals surface area (Å²) in [5, 5.41) is 3.71. The minimum Gasteiger partial charge on any atom is -0.330 e. The van der Waals surface area contributed by atoms with Gasteiger partial charge in [-0.05, 0) is 47.2 Å². The highest BCUT2D eigenvalue weighted by atomic mass is 32.1. The second kappa shape index (κ2) is 5.19. The summed E-state index contributed by atoms with van der Waals surface area (Å²) in [5.41, 5.74) is 7.67. The van der Waals surface area contributed by atoms with Crippen molar-refractivity contribution in [3.8, 4) is 0 Å². The van der Waals surface area contributed by atoms with E-state index in [4.69, 9.17) is 5.73 Å². The fourth-order valence-electron chi connectivity index (χ4n) is 2.50. The van der Waals surface area contributed by atoms with Crippen LogP contribution in [0.25, 0.3) is 10.1 Å². The van der Waals surface area contributed by atoms with E-state index in [9.17, 15) is 0 Å². The summed E-state index contributed by atoms with van der Waals surface area (Å²) in [7, 11) is 0. The molecule has 0 aliphatic heterocycles. The first kappa shape index (κ1) is 12.6. The average Bonchev–Trinajstić information content (AvgIpc) is 2.73. The van der Waals surface area contributed by atoms with Gasteiger partial charge in [0.15, 0.2) is 0 Å². The van der Waals surface area contributed by atoms with Crippen LogP contribution in [-0.4, -0.2) is 6.54 Å². The fourth-order valence-corrected chi connectivity index (χ4v) is 3.46. The van der Waals surface area contributed by atoms with Crippen molar-refractivity contribution in [2.75, 3.05) is 6.54 Å². The van der Waals surface area contributed by atoms with Gasteiger partial charge in [0.2, 0.25) is 0 Å². The van der Waals surface area contributed by atoms with Gasteiger partial charge >= 0.3 is 0 Å². The van der Waals surface area contributed by atoms with Crippen LogP contribution in [0.5, 0.6) is 0 Å². The normalized spacial score (nSPS) is 15.0. The molecule has 0 radical (unpaired) electrons. The lowest BCUT2D eigenvalue weighted by Crippen LogP contribution is -2.29. The molecule has 2 N–H and O–H groups in total. The molecule has 1 aromatic carbocycles. The topological polar surface area (TPSA) is 26.0 Å². The van der Waals surface area contributed by atoms with Gasteiger partial charge in [-0.1, -0.05) is 38.5 Å². The maximum absolute atomic E-state index is 5.96. The summed E-state index contributed by atoms with van der Waals surface area (Å²) in [6.45, 7) is 5.31. The van der Waals surface area contributed by atoms with E-state index in [2.05, 4.69) is 43.5 Å². The summed E-state index contributed by atoms with van der Waals surface area (Å²) >= 11 is 1.84. The van der Waals surface area contributed by atoms with E-state index in [0.29, 0.717) is 0 Å². The largest absolute Gasteiger partial charge is 0.330 e. The number of rotatable bonds is 5. The molecule has 1 atom stereocenters. The van der Waals surface area contributed by atoms with Crippen molar-refractivity contribution in [3.05, 3.63) is 35.2 Å². The molecule has 2 heteroatoms. The van der Waals surface area contributed by atoms with E-state index in [0.717, 1.165) is 13.0 Å². The molecule has 0 fully saturated rings. The predicted molar refractivity (Wildman–Crippen MR) is 77.6 cm³/mol. The summed E-state index contributed by atoms with van der Waals surface area (Å²) in [6.07, 6.45) is 3.50. The molecule has 0 saturated heterocycles. The van der Waals surface area contributed by atoms with E-state index < -0.39 is 0 Å². The van der Waals surface area contributed by atoms with Crippen LogP contribution in [0.1, 0.15) is 32.3 Å². The average molecular weight is 247 g/mol. The Hall–Kier alpha value is -0.860. The van der Waals surface area contributed by atoms with Crippen LogP contribution in [0, 0.1) is 5.41 Å². The molecule has 1 unspecified atom stereocenters. The van der Waals surface area contributed by atoms with Crippen LogP contribution in [0.2, 0.25) is 0 Å². The molecular formula is C15H21NS. The van der Waals surface area contributed by atoms with Crippen molar-refractivity contribution >= 4 is 21.4 Å². The highest BCUT2D eigenvalue weighted by molar-refractivity contribution is 7.17. The van der Waals surface area contributed by atoms with Gasteiger partial charge in [-0.2, -0.15) is 0 Å². The van der Waals surface area contributed by atoms with Gasteiger partial charge in [0, 0.05) is 4.70 Å². The maximum atomic E-state index is 5.96. The Morgan fingerprint density at radius 3 is 2.76 bits per heavy atom. The first-order chi connectivity index (χ1) is 8.18. The number of thiophene rings is 1. The highest BCUT2D eigenvalue weighted by Gasteiger charge is 2.23. The molecule has 0 spiro atoms. The van der Waals surface area contributed by atoms with Gasteiger partial charge in [0.05, 0.1) is 0 Å². The van der Waals surface area contributed by atoms with E-state index in [1.165, 1.54) is 28.5 Å². The van der Waals surface area contributed by atoms with Gasteiger partial charge < -0.3 is 5.73 Å². The van der Waals surface area contributed by atoms with Crippen molar-refractivity contribution in [1.82, 2.24) is 0 Å². The van der Waals surface area contributed by atoms with E-state index in [1.807, 2.05) is 11.3 Å². The first-order valence-corrected chi connectivity index (χ1v) is 7.22. The van der Waals surface area contributed by atoms with Crippen LogP contribution in [0.15, 0.2) is 29.6 Å². The van der Waals surface area contributed by atoms with Crippen molar-refractivity contribution in [1.29, 1.82) is 0 Å². The number of nitrogens with two attached hydrogens (primary N) is 1. The Morgan fingerprint density at radius 1 is 1.29 bits per heavy atom. The second-order valence-electron chi connectivity index (χ2n) is 5.20. The molecule has 0 amide bonds. The maximum Gasteiger partial charge on any atom is 0.0345 e. The van der Waals surface area contributed by atoms with Crippen molar-refractivity contribution in [2.24, 2.45) is 11.1 Å². The van der Waals surface area contributed by atoms with Gasteiger partial charge in [-0.25, -0.2) is 0 Å². The second-order valence-corrected chi connectivity index (χ2v) is 6.11. The molecule has 0 saturated carbocycles. The van der Waals surface area contributed by atoms with E-state index in [-0.39, 0.29) is 5.41 Å². The Balaban J connectivity index is 2.28. The summed E-state index contributed by atoms with van der Waals surface area (Å²) in [6, 6.07) is 8.65. The number of benzene rings is 1. The molecular weight excluding hydrogens is 226 g/mol. The lowest BCUT2D eigenvalue weighted by atomic mass is 9.80. The Kier molecular flexibility index (Phi) is 3.85.